The lowest BCUT2D eigenvalue weighted by molar-refractivity contribution is 0.0694. The molecule has 0 aliphatic carbocycles. The van der Waals surface area contributed by atoms with Gasteiger partial charge < -0.3 is 14.9 Å². The van der Waals surface area contributed by atoms with Gasteiger partial charge in [0.05, 0.1) is 17.7 Å². The number of aromatic carboxylic acids is 1. The van der Waals surface area contributed by atoms with Crippen LogP contribution in [0, 0.1) is 17.1 Å². The first-order chi connectivity index (χ1) is 13.0. The van der Waals surface area contributed by atoms with E-state index < -0.39 is 17.8 Å². The second kappa shape index (κ2) is 7.81. The molecule has 27 heavy (non-hydrogen) atoms. The van der Waals surface area contributed by atoms with Crippen molar-refractivity contribution >= 4 is 5.97 Å². The molecule has 0 aliphatic rings. The molecule has 0 saturated carbocycles. The number of carbonyl (C=O) groups is 1. The molecular weight excluding hydrogens is 349 g/mol. The Kier molecular flexibility index (Phi) is 5.29. The van der Waals surface area contributed by atoms with Crippen LogP contribution in [0.3, 0.4) is 0 Å². The molecule has 0 saturated heterocycles. The molecule has 0 amide bonds. The van der Waals surface area contributed by atoms with Gasteiger partial charge in [-0.05, 0) is 48.9 Å². The number of hydrogen-bond acceptors (Lipinski definition) is 5. The molecule has 0 radical (unpaired) electrons. The van der Waals surface area contributed by atoms with E-state index in [2.05, 4.69) is 16.5 Å². The number of halogens is 1. The third kappa shape index (κ3) is 4.02. The van der Waals surface area contributed by atoms with Crippen LogP contribution in [0.25, 0.3) is 11.3 Å². The van der Waals surface area contributed by atoms with E-state index in [1.165, 1.54) is 24.3 Å². The van der Waals surface area contributed by atoms with E-state index in [0.29, 0.717) is 17.7 Å². The quantitative estimate of drug-likeness (QED) is 0.687. The lowest BCUT2D eigenvalue weighted by Gasteiger charge is -2.12. The highest BCUT2D eigenvalue weighted by atomic mass is 19.1. The molecule has 1 heterocycles. The molecule has 1 aromatic heterocycles. The van der Waals surface area contributed by atoms with Crippen molar-refractivity contribution in [3.05, 3.63) is 76.8 Å². The van der Waals surface area contributed by atoms with Gasteiger partial charge >= 0.3 is 5.97 Å². The van der Waals surface area contributed by atoms with Crippen molar-refractivity contribution in [2.24, 2.45) is 0 Å². The summed E-state index contributed by atoms with van der Waals surface area (Å²) in [6.07, 6.45) is 0. The molecule has 3 rings (SSSR count). The fourth-order valence-electron chi connectivity index (χ4n) is 2.67. The third-order valence-corrected chi connectivity index (χ3v) is 4.14. The van der Waals surface area contributed by atoms with E-state index in [0.717, 1.165) is 5.56 Å². The molecule has 0 fully saturated rings. The Morgan fingerprint density at radius 3 is 2.52 bits per heavy atom. The van der Waals surface area contributed by atoms with E-state index in [-0.39, 0.29) is 17.0 Å². The maximum Gasteiger partial charge on any atom is 0.341 e. The predicted octanol–water partition coefficient (Wildman–Crippen LogP) is 3.90. The second-order valence-corrected chi connectivity index (χ2v) is 5.99. The zero-order chi connectivity index (χ0) is 19.4. The van der Waals surface area contributed by atoms with Crippen LogP contribution in [0.4, 0.5) is 4.39 Å². The van der Waals surface area contributed by atoms with Gasteiger partial charge in [0, 0.05) is 12.1 Å². The minimum Gasteiger partial charge on any atom is -0.477 e. The molecule has 7 heteroatoms. The number of carboxylic acid groups (broad SMARTS) is 1. The number of nitriles is 1. The SMILES string of the molecule is CC(NCc1ccc(C#N)cc1)c1onc(-c2ccc(F)cc2)c1C(=O)O. The monoisotopic (exact) mass is 365 g/mol. The summed E-state index contributed by atoms with van der Waals surface area (Å²) >= 11 is 0. The number of carboxylic acids is 1. The Hall–Kier alpha value is -3.50. The summed E-state index contributed by atoms with van der Waals surface area (Å²) in [5, 5.41) is 25.5. The maximum absolute atomic E-state index is 13.1. The predicted molar refractivity (Wildman–Crippen MR) is 95.3 cm³/mol. The van der Waals surface area contributed by atoms with Gasteiger partial charge in [-0.25, -0.2) is 9.18 Å². The van der Waals surface area contributed by atoms with Gasteiger partial charge in [0.1, 0.15) is 17.1 Å². The van der Waals surface area contributed by atoms with Gasteiger partial charge in [-0.2, -0.15) is 5.26 Å². The lowest BCUT2D eigenvalue weighted by Crippen LogP contribution is -2.19. The average molecular weight is 365 g/mol. The molecule has 136 valence electrons. The molecule has 3 aromatic rings. The number of nitrogens with one attached hydrogen (secondary N) is 1. The topological polar surface area (TPSA) is 99.2 Å². The van der Waals surface area contributed by atoms with E-state index in [4.69, 9.17) is 9.78 Å². The van der Waals surface area contributed by atoms with Crippen molar-refractivity contribution < 1.29 is 18.8 Å². The standard InChI is InChI=1S/C20H16FN3O3/c1-12(23-11-14-4-2-13(10-22)3-5-14)19-17(20(25)26)18(24-27-19)15-6-8-16(21)9-7-15/h2-9,12,23H,11H2,1H3,(H,25,26). The van der Waals surface area contributed by atoms with Crippen LogP contribution in [0.5, 0.6) is 0 Å². The first-order valence-electron chi connectivity index (χ1n) is 8.21. The van der Waals surface area contributed by atoms with E-state index in [1.807, 2.05) is 12.1 Å². The highest BCUT2D eigenvalue weighted by molar-refractivity contribution is 5.95. The number of benzene rings is 2. The summed E-state index contributed by atoms with van der Waals surface area (Å²) in [5.74, 6) is -1.40. The van der Waals surface area contributed by atoms with E-state index in [1.54, 1.807) is 19.1 Å². The van der Waals surface area contributed by atoms with Crippen molar-refractivity contribution in [3.8, 4) is 17.3 Å². The lowest BCUT2D eigenvalue weighted by atomic mass is 10.0. The minimum atomic E-state index is -1.17. The van der Waals surface area contributed by atoms with Crippen LogP contribution in [-0.4, -0.2) is 16.2 Å². The Morgan fingerprint density at radius 1 is 1.26 bits per heavy atom. The maximum atomic E-state index is 13.1. The zero-order valence-corrected chi connectivity index (χ0v) is 14.4. The number of rotatable bonds is 6. The van der Waals surface area contributed by atoms with Gasteiger partial charge in [-0.3, -0.25) is 0 Å². The molecule has 1 atom stereocenters. The number of nitrogens with zero attached hydrogens (tertiary/aromatic N) is 2. The van der Waals surface area contributed by atoms with Crippen molar-refractivity contribution in [1.82, 2.24) is 10.5 Å². The Morgan fingerprint density at radius 2 is 1.93 bits per heavy atom. The Bertz CT molecular complexity index is 989. The van der Waals surface area contributed by atoms with Crippen LogP contribution >= 0.6 is 0 Å². The highest BCUT2D eigenvalue weighted by Gasteiger charge is 2.27. The van der Waals surface area contributed by atoms with Gasteiger partial charge in [-0.15, -0.1) is 0 Å². The smallest absolute Gasteiger partial charge is 0.341 e. The molecular formula is C20H16FN3O3. The third-order valence-electron chi connectivity index (χ3n) is 4.14. The van der Waals surface area contributed by atoms with Crippen LogP contribution in [0.15, 0.2) is 53.1 Å². The summed E-state index contributed by atoms with van der Waals surface area (Å²) in [6, 6.07) is 14.1. The van der Waals surface area contributed by atoms with Crippen molar-refractivity contribution in [2.75, 3.05) is 0 Å². The number of aromatic nitrogens is 1. The normalized spacial score (nSPS) is 11.7. The van der Waals surface area contributed by atoms with Crippen LogP contribution in [0.2, 0.25) is 0 Å². The van der Waals surface area contributed by atoms with Gasteiger partial charge in [0.15, 0.2) is 5.76 Å². The average Bonchev–Trinajstić information content (AvgIpc) is 3.12. The summed E-state index contributed by atoms with van der Waals surface area (Å²) in [7, 11) is 0. The first kappa shape index (κ1) is 18.3. The second-order valence-electron chi connectivity index (χ2n) is 5.99. The van der Waals surface area contributed by atoms with E-state index in [9.17, 15) is 14.3 Å². The molecule has 0 bridgehead atoms. The Balaban J connectivity index is 1.81. The van der Waals surface area contributed by atoms with Gasteiger partial charge in [0.25, 0.3) is 0 Å². The first-order valence-corrected chi connectivity index (χ1v) is 8.21. The van der Waals surface area contributed by atoms with Crippen LogP contribution in [0.1, 0.15) is 40.2 Å². The molecule has 2 N–H and O–H groups in total. The van der Waals surface area contributed by atoms with Crippen molar-refractivity contribution in [3.63, 3.8) is 0 Å². The van der Waals surface area contributed by atoms with Gasteiger partial charge in [0.2, 0.25) is 0 Å². The summed E-state index contributed by atoms with van der Waals surface area (Å²) in [4.78, 5) is 11.8. The fourth-order valence-corrected chi connectivity index (χ4v) is 2.67. The van der Waals surface area contributed by atoms with Crippen molar-refractivity contribution in [1.29, 1.82) is 5.26 Å². The summed E-state index contributed by atoms with van der Waals surface area (Å²) in [6.45, 7) is 2.23. The highest BCUT2D eigenvalue weighted by Crippen LogP contribution is 2.29. The minimum absolute atomic E-state index is 0.0542. The van der Waals surface area contributed by atoms with Crippen molar-refractivity contribution in [2.45, 2.75) is 19.5 Å². The zero-order valence-electron chi connectivity index (χ0n) is 14.4. The van der Waals surface area contributed by atoms with Gasteiger partial charge in [-0.1, -0.05) is 17.3 Å². The van der Waals surface area contributed by atoms with Crippen LogP contribution in [-0.2, 0) is 6.54 Å². The summed E-state index contributed by atoms with van der Waals surface area (Å²) < 4.78 is 18.4. The number of hydrogen-bond donors (Lipinski definition) is 2. The molecule has 6 nitrogen and oxygen atoms in total. The molecule has 0 aliphatic heterocycles. The summed E-state index contributed by atoms with van der Waals surface area (Å²) in [5.41, 5.74) is 2.07. The van der Waals surface area contributed by atoms with Crippen LogP contribution < -0.4 is 5.32 Å². The molecule has 2 aromatic carbocycles. The fraction of sp³-hybridized carbons (Fsp3) is 0.150. The molecule has 1 unspecified atom stereocenters. The van der Waals surface area contributed by atoms with E-state index >= 15 is 0 Å². The largest absolute Gasteiger partial charge is 0.477 e. The molecule has 0 spiro atoms. The Labute approximate surface area is 154 Å².